The molecule has 5 aliphatic heterocycles. The van der Waals surface area contributed by atoms with E-state index in [2.05, 4.69) is 82.2 Å². The van der Waals surface area contributed by atoms with Gasteiger partial charge in [-0.05, 0) is 138 Å². The summed E-state index contributed by atoms with van der Waals surface area (Å²) in [5.74, 6) is 0.626. The van der Waals surface area contributed by atoms with Crippen LogP contribution in [0.25, 0.3) is 38.9 Å². The Morgan fingerprint density at radius 3 is 1.44 bits per heavy atom. The average Bonchev–Trinajstić information content (AvgIpc) is 3.19. The van der Waals surface area contributed by atoms with Crippen molar-refractivity contribution < 1.29 is 13.6 Å². The first-order valence-corrected chi connectivity index (χ1v) is 21.6. The molecule has 0 saturated carbocycles. The summed E-state index contributed by atoms with van der Waals surface area (Å²) in [4.78, 5) is 36.2. The van der Waals surface area contributed by atoms with Crippen molar-refractivity contribution in [1.29, 1.82) is 5.26 Å². The summed E-state index contributed by atoms with van der Waals surface area (Å²) in [6.07, 6.45) is 13.9. The molecule has 0 amide bonds. The Hall–Kier alpha value is -6.06. The smallest absolute Gasteiger partial charge is 0.343 e. The highest BCUT2D eigenvalue weighted by Crippen LogP contribution is 2.54. The summed E-state index contributed by atoms with van der Waals surface area (Å²) in [7, 11) is 0. The van der Waals surface area contributed by atoms with Crippen LogP contribution < -0.4 is 21.1 Å². The molecule has 9 rings (SSSR count). The third-order valence-corrected chi connectivity index (χ3v) is 14.6. The third-order valence-electron chi connectivity index (χ3n) is 14.6. The van der Waals surface area contributed by atoms with Gasteiger partial charge < -0.3 is 23.4 Å². The quantitative estimate of drug-likeness (QED) is 0.114. The van der Waals surface area contributed by atoms with Crippen LogP contribution in [0.4, 0.5) is 11.4 Å². The second-order valence-corrected chi connectivity index (χ2v) is 20.3. The molecule has 9 heteroatoms. The van der Waals surface area contributed by atoms with Crippen LogP contribution in [0, 0.1) is 31.8 Å². The predicted octanol–water partition coefficient (Wildman–Crippen LogP) is 11.1. The van der Waals surface area contributed by atoms with Crippen LogP contribution in [-0.2, 0) is 26.4 Å². The first kappa shape index (κ1) is 40.4. The molecule has 0 aliphatic carbocycles. The number of hydrogen-bond donors (Lipinski definition) is 0. The molecule has 312 valence electrons. The molecule has 0 N–H and O–H groups in total. The van der Waals surface area contributed by atoms with Gasteiger partial charge in [-0.2, -0.15) is 0 Å². The molecule has 7 heterocycles. The Kier molecular flexibility index (Phi) is 9.08. The minimum absolute atomic E-state index is 0.0423. The van der Waals surface area contributed by atoms with E-state index in [9.17, 15) is 14.9 Å². The van der Waals surface area contributed by atoms with Gasteiger partial charge in [-0.3, -0.25) is 0 Å². The molecule has 0 bridgehead atoms. The Morgan fingerprint density at radius 1 is 0.672 bits per heavy atom. The van der Waals surface area contributed by atoms with Gasteiger partial charge in [0.15, 0.2) is 0 Å². The number of allylic oxidation sites excluding steroid dienone is 6. The first-order valence-electron chi connectivity index (χ1n) is 21.6. The van der Waals surface area contributed by atoms with Crippen molar-refractivity contribution in [3.8, 4) is 6.07 Å². The normalized spacial score (nSPS) is 20.5. The number of fused-ring (bicyclic) bond motifs is 4. The maximum Gasteiger partial charge on any atom is 0.343 e. The van der Waals surface area contributed by atoms with Crippen LogP contribution in [0.3, 0.4) is 0 Å². The molecule has 0 atom stereocenters. The fourth-order valence-corrected chi connectivity index (χ4v) is 10.5. The lowest BCUT2D eigenvalue weighted by molar-refractivity contribution is 0.332. The number of ether oxygens (including phenoxy) is 1. The number of nitriles is 1. The molecule has 9 nitrogen and oxygen atoms in total. The highest BCUT2D eigenvalue weighted by molar-refractivity contribution is 5.95. The lowest BCUT2D eigenvalue weighted by Gasteiger charge is -2.48. The van der Waals surface area contributed by atoms with Crippen LogP contribution in [0.1, 0.15) is 126 Å². The molecule has 0 spiro atoms. The van der Waals surface area contributed by atoms with Crippen molar-refractivity contribution in [3.63, 3.8) is 0 Å². The number of benzene rings is 2. The number of anilines is 2. The van der Waals surface area contributed by atoms with Gasteiger partial charge in [0.25, 0.3) is 5.70 Å². The molecular formula is C52H54N4O5. The zero-order chi connectivity index (χ0) is 43.6. The first-order chi connectivity index (χ1) is 28.8. The maximum absolute atomic E-state index is 13.9. The van der Waals surface area contributed by atoms with E-state index in [1.165, 1.54) is 22.5 Å². The van der Waals surface area contributed by atoms with Gasteiger partial charge in [-0.25, -0.2) is 19.7 Å². The zero-order valence-corrected chi connectivity index (χ0v) is 37.1. The van der Waals surface area contributed by atoms with Gasteiger partial charge in [0.05, 0.1) is 23.8 Å². The Bertz CT molecular complexity index is 2800. The number of rotatable bonds is 4. The lowest BCUT2D eigenvalue weighted by atomic mass is 9.69. The maximum atomic E-state index is 13.9. The predicted molar refractivity (Wildman–Crippen MR) is 244 cm³/mol. The molecule has 0 radical (unpaired) electrons. The standard InChI is InChI=1S/C52H54N4O5/c1-29-34(47(57)60-45-36(29)26-38-43-41(45)51(7,8)18-22-55(43)20-16-49(38,3)4)14-12-32-24-31(40(28-53)54-11)25-33(59-32)13-15-35-30(2)37-27-39-44-42(46(37)61-48(35)58)52(9,10)19-23-56(44)21-17-50(39,5)6/h12-15,24-27H,16-23H2,1-10H3. The fourth-order valence-electron chi connectivity index (χ4n) is 10.5. The fraction of sp³-hybridized carbons (Fsp3) is 0.423. The van der Waals surface area contributed by atoms with Crippen LogP contribution in [-0.4, -0.2) is 26.2 Å². The molecule has 0 unspecified atom stereocenters. The van der Waals surface area contributed by atoms with Crippen molar-refractivity contribution in [2.45, 2.75) is 117 Å². The van der Waals surface area contributed by atoms with E-state index in [1.807, 2.05) is 19.9 Å². The van der Waals surface area contributed by atoms with Gasteiger partial charge in [0.1, 0.15) is 22.7 Å². The molecule has 0 saturated heterocycles. The minimum Gasteiger partial charge on any atom is -0.457 e. The number of hydrogen-bond acceptors (Lipinski definition) is 8. The highest BCUT2D eigenvalue weighted by Gasteiger charge is 2.44. The molecule has 61 heavy (non-hydrogen) atoms. The summed E-state index contributed by atoms with van der Waals surface area (Å²) in [5, 5.41) is 11.7. The highest BCUT2D eigenvalue weighted by atomic mass is 16.5. The second-order valence-electron chi connectivity index (χ2n) is 20.3. The van der Waals surface area contributed by atoms with Crippen molar-refractivity contribution in [1.82, 2.24) is 0 Å². The van der Waals surface area contributed by atoms with Gasteiger partial charge in [-0.15, -0.1) is 0 Å². The zero-order valence-electron chi connectivity index (χ0n) is 37.1. The van der Waals surface area contributed by atoms with E-state index in [1.54, 1.807) is 36.5 Å². The molecule has 4 aromatic rings. The molecule has 5 aliphatic rings. The Morgan fingerprint density at radius 2 is 1.07 bits per heavy atom. The monoisotopic (exact) mass is 814 g/mol. The summed E-state index contributed by atoms with van der Waals surface area (Å²) in [5.41, 5.74) is 9.84. The van der Waals surface area contributed by atoms with Crippen molar-refractivity contribution in [3.05, 3.63) is 136 Å². The van der Waals surface area contributed by atoms with E-state index < -0.39 is 11.3 Å². The SMILES string of the molecule is [C-]#[N+]C(C#N)=C1C=C(C=Cc2c(C)c3cc4c5c(c3oc2=O)C(C)(C)CCN5CCC4(C)C)OC(C=Cc2c(C)c3cc4c5c(c3oc2=O)C(C)(C)CCN5CCC4(C)C)=C1. The summed E-state index contributed by atoms with van der Waals surface area (Å²) >= 11 is 0. The second kappa shape index (κ2) is 13.7. The van der Waals surface area contributed by atoms with E-state index >= 15 is 0 Å². The van der Waals surface area contributed by atoms with E-state index in [-0.39, 0.29) is 27.4 Å². The van der Waals surface area contributed by atoms with Gasteiger partial charge in [0.2, 0.25) is 0 Å². The third kappa shape index (κ3) is 6.30. The Balaban J connectivity index is 1.11. The van der Waals surface area contributed by atoms with E-state index in [4.69, 9.17) is 20.1 Å². The molecule has 2 aromatic carbocycles. The Labute approximate surface area is 357 Å². The van der Waals surface area contributed by atoms with Crippen LogP contribution in [0.2, 0.25) is 0 Å². The van der Waals surface area contributed by atoms with Crippen LogP contribution in [0.15, 0.2) is 77.6 Å². The topological polar surface area (TPSA) is 104 Å². The largest absolute Gasteiger partial charge is 0.457 e. The van der Waals surface area contributed by atoms with Crippen LogP contribution in [0.5, 0.6) is 0 Å². The van der Waals surface area contributed by atoms with Gasteiger partial charge >= 0.3 is 11.3 Å². The van der Waals surface area contributed by atoms with Crippen molar-refractivity contribution >= 4 is 45.5 Å². The van der Waals surface area contributed by atoms with Gasteiger partial charge in [-0.1, -0.05) is 55.4 Å². The van der Waals surface area contributed by atoms with Crippen molar-refractivity contribution in [2.24, 2.45) is 0 Å². The summed E-state index contributed by atoms with van der Waals surface area (Å²) in [6.45, 7) is 33.7. The van der Waals surface area contributed by atoms with Gasteiger partial charge in [0, 0.05) is 59.5 Å². The lowest BCUT2D eigenvalue weighted by Crippen LogP contribution is -2.44. The number of nitrogens with zero attached hydrogens (tertiary/aromatic N) is 4. The van der Waals surface area contributed by atoms with Crippen molar-refractivity contribution in [2.75, 3.05) is 36.0 Å². The molecule has 0 fully saturated rings. The molecule has 2 aromatic heterocycles. The van der Waals surface area contributed by atoms with Crippen LogP contribution >= 0.6 is 0 Å². The number of aryl methyl sites for hydroxylation is 2. The summed E-state index contributed by atoms with van der Waals surface area (Å²) < 4.78 is 18.9. The minimum atomic E-state index is -0.449. The van der Waals surface area contributed by atoms with E-state index in [0.29, 0.717) is 39.4 Å². The molecular weight excluding hydrogens is 761 g/mol. The average molecular weight is 815 g/mol. The van der Waals surface area contributed by atoms with E-state index in [0.717, 1.165) is 84.9 Å². The summed E-state index contributed by atoms with van der Waals surface area (Å²) in [6, 6.07) is 6.44.